The van der Waals surface area contributed by atoms with Gasteiger partial charge >= 0.3 is 6.03 Å². The number of carbonyl (C=O) groups is 2. The molecule has 25 heavy (non-hydrogen) atoms. The molecular weight excluding hydrogens is 361 g/mol. The lowest BCUT2D eigenvalue weighted by Crippen LogP contribution is -2.56. The number of urea groups is 1. The normalized spacial score (nSPS) is 10.9. The number of amides is 3. The Morgan fingerprint density at radius 2 is 1.52 bits per heavy atom. The minimum atomic E-state index is -0.667. The van der Waals surface area contributed by atoms with Gasteiger partial charge in [0.2, 0.25) is 0 Å². The average Bonchev–Trinajstić information content (AvgIpc) is 2.51. The van der Waals surface area contributed by atoms with Crippen molar-refractivity contribution in [1.82, 2.24) is 10.4 Å². The fourth-order valence-corrected chi connectivity index (χ4v) is 2.64. The second-order valence-electron chi connectivity index (χ2n) is 6.40. The van der Waals surface area contributed by atoms with E-state index in [1.165, 1.54) is 23.2 Å². The molecule has 2 aromatic carbocycles. The minimum Gasteiger partial charge on any atom is -0.307 e. The Morgan fingerprint density at radius 3 is 2.04 bits per heavy atom. The minimum absolute atomic E-state index is 0.285. The number of anilines is 1. The Bertz CT molecular complexity index is 753. The highest BCUT2D eigenvalue weighted by molar-refractivity contribution is 6.35. The van der Waals surface area contributed by atoms with Gasteiger partial charge in [-0.1, -0.05) is 41.4 Å². The quantitative estimate of drug-likeness (QED) is 0.723. The first-order valence-electron chi connectivity index (χ1n) is 7.60. The van der Waals surface area contributed by atoms with Crippen molar-refractivity contribution in [1.29, 1.82) is 0 Å². The molecule has 0 aliphatic rings. The summed E-state index contributed by atoms with van der Waals surface area (Å²) in [5, 5.41) is 4.61. The Hall–Kier alpha value is -2.24. The Balaban J connectivity index is 2.21. The number of rotatable bonds is 2. The van der Waals surface area contributed by atoms with Crippen molar-refractivity contribution in [2.45, 2.75) is 26.3 Å². The molecule has 2 aromatic rings. The van der Waals surface area contributed by atoms with E-state index in [0.29, 0.717) is 15.7 Å². The first kappa shape index (κ1) is 19.1. The molecule has 0 aliphatic carbocycles. The van der Waals surface area contributed by atoms with Gasteiger partial charge in [0.05, 0.1) is 5.54 Å². The summed E-state index contributed by atoms with van der Waals surface area (Å²) in [6.07, 6.45) is 0. The number of nitrogens with one attached hydrogen (secondary N) is 2. The highest BCUT2D eigenvalue weighted by Crippen LogP contribution is 2.22. The molecular formula is C18H19Cl2N3O2. The van der Waals surface area contributed by atoms with E-state index < -0.39 is 17.5 Å². The molecule has 2 N–H and O–H groups in total. The van der Waals surface area contributed by atoms with Crippen LogP contribution in [-0.2, 0) is 0 Å². The van der Waals surface area contributed by atoms with Crippen LogP contribution in [0.25, 0.3) is 0 Å². The summed E-state index contributed by atoms with van der Waals surface area (Å²) in [5.74, 6) is -0.417. The van der Waals surface area contributed by atoms with E-state index in [9.17, 15) is 9.59 Å². The zero-order valence-corrected chi connectivity index (χ0v) is 15.7. The number of hydrazine groups is 1. The molecule has 0 aromatic heterocycles. The highest BCUT2D eigenvalue weighted by Gasteiger charge is 2.29. The lowest BCUT2D eigenvalue weighted by Gasteiger charge is -2.35. The van der Waals surface area contributed by atoms with Crippen molar-refractivity contribution in [2.24, 2.45) is 0 Å². The molecule has 7 heteroatoms. The molecule has 0 saturated carbocycles. The summed E-state index contributed by atoms with van der Waals surface area (Å²) in [6.45, 7) is 5.42. The predicted octanol–water partition coefficient (Wildman–Crippen LogP) is 4.97. The van der Waals surface area contributed by atoms with Gasteiger partial charge < -0.3 is 5.32 Å². The second kappa shape index (κ2) is 7.76. The summed E-state index contributed by atoms with van der Waals surface area (Å²) < 4.78 is 0. The van der Waals surface area contributed by atoms with Crippen molar-refractivity contribution in [3.63, 3.8) is 0 Å². The largest absolute Gasteiger partial charge is 0.338 e. The first-order valence-corrected chi connectivity index (χ1v) is 8.36. The third kappa shape index (κ3) is 5.37. The van der Waals surface area contributed by atoms with Gasteiger partial charge in [0.1, 0.15) is 0 Å². The molecule has 0 fully saturated rings. The summed E-state index contributed by atoms with van der Waals surface area (Å²) >= 11 is 11.9. The van der Waals surface area contributed by atoms with Crippen molar-refractivity contribution in [2.75, 3.05) is 5.32 Å². The van der Waals surface area contributed by atoms with Crippen LogP contribution >= 0.6 is 23.2 Å². The highest BCUT2D eigenvalue weighted by atomic mass is 35.5. The van der Waals surface area contributed by atoms with E-state index in [2.05, 4.69) is 10.7 Å². The van der Waals surface area contributed by atoms with Gasteiger partial charge in [0.15, 0.2) is 0 Å². The second-order valence-corrected chi connectivity index (χ2v) is 7.27. The van der Waals surface area contributed by atoms with Crippen LogP contribution in [0.1, 0.15) is 31.1 Å². The number of hydrogen-bond acceptors (Lipinski definition) is 2. The molecule has 0 bridgehead atoms. The SMILES string of the molecule is CC(C)(C)N(NC(=O)Nc1ccccc1)C(=O)c1cc(Cl)cc(Cl)c1. The van der Waals surface area contributed by atoms with Gasteiger partial charge in [0, 0.05) is 21.3 Å². The lowest BCUT2D eigenvalue weighted by atomic mass is 10.1. The predicted molar refractivity (Wildman–Crippen MR) is 101 cm³/mol. The van der Waals surface area contributed by atoms with Gasteiger partial charge in [0.25, 0.3) is 5.91 Å². The monoisotopic (exact) mass is 379 g/mol. The Morgan fingerprint density at radius 1 is 0.960 bits per heavy atom. The standard InChI is InChI=1S/C18H19Cl2N3O2/c1-18(2,3)23(16(24)12-9-13(19)11-14(20)10-12)22-17(25)21-15-7-5-4-6-8-15/h4-11H,1-3H3,(H2,21,22,25). The van der Waals surface area contributed by atoms with Gasteiger partial charge in [-0.15, -0.1) is 0 Å². The van der Waals surface area contributed by atoms with Crippen molar-refractivity contribution in [3.8, 4) is 0 Å². The van der Waals surface area contributed by atoms with E-state index >= 15 is 0 Å². The zero-order chi connectivity index (χ0) is 18.6. The fraction of sp³-hybridized carbons (Fsp3) is 0.222. The number of hydrogen-bond donors (Lipinski definition) is 2. The van der Waals surface area contributed by atoms with Gasteiger partial charge in [-0.05, 0) is 51.1 Å². The van der Waals surface area contributed by atoms with Crippen LogP contribution in [-0.4, -0.2) is 22.5 Å². The van der Waals surface area contributed by atoms with Gasteiger partial charge in [-0.3, -0.25) is 4.79 Å². The topological polar surface area (TPSA) is 61.4 Å². The fourth-order valence-electron chi connectivity index (χ4n) is 2.11. The Kier molecular flexibility index (Phi) is 5.93. The van der Waals surface area contributed by atoms with Crippen molar-refractivity contribution in [3.05, 3.63) is 64.1 Å². The van der Waals surface area contributed by atoms with Crippen molar-refractivity contribution >= 4 is 40.8 Å². The molecule has 0 radical (unpaired) electrons. The van der Waals surface area contributed by atoms with Crippen LogP contribution in [0.3, 0.4) is 0 Å². The number of nitrogens with zero attached hydrogens (tertiary/aromatic N) is 1. The summed E-state index contributed by atoms with van der Waals surface area (Å²) in [5.41, 5.74) is 2.83. The van der Waals surface area contributed by atoms with Crippen LogP contribution in [0, 0.1) is 0 Å². The molecule has 5 nitrogen and oxygen atoms in total. The maximum absolute atomic E-state index is 12.9. The van der Waals surface area contributed by atoms with Crippen LogP contribution in [0.4, 0.5) is 10.5 Å². The maximum atomic E-state index is 12.9. The van der Waals surface area contributed by atoms with Crippen LogP contribution < -0.4 is 10.7 Å². The number of benzene rings is 2. The molecule has 3 amide bonds. The molecule has 0 atom stereocenters. The molecule has 0 aliphatic heterocycles. The Labute approximate surface area is 156 Å². The summed E-state index contributed by atoms with van der Waals surface area (Å²) in [7, 11) is 0. The van der Waals surface area contributed by atoms with E-state index in [1.54, 1.807) is 45.0 Å². The van der Waals surface area contributed by atoms with E-state index in [0.717, 1.165) is 0 Å². The molecule has 0 heterocycles. The van der Waals surface area contributed by atoms with Crippen molar-refractivity contribution < 1.29 is 9.59 Å². The molecule has 0 saturated heterocycles. The van der Waals surface area contributed by atoms with Crippen LogP contribution in [0.2, 0.25) is 10.0 Å². The molecule has 0 spiro atoms. The number of para-hydroxylation sites is 1. The number of halogens is 2. The molecule has 2 rings (SSSR count). The van der Waals surface area contributed by atoms with E-state index in [-0.39, 0.29) is 5.56 Å². The smallest absolute Gasteiger partial charge is 0.307 e. The first-order chi connectivity index (χ1) is 11.7. The lowest BCUT2D eigenvalue weighted by molar-refractivity contribution is 0.0460. The van der Waals surface area contributed by atoms with Crippen LogP contribution in [0.15, 0.2) is 48.5 Å². The molecule has 132 valence electrons. The average molecular weight is 380 g/mol. The zero-order valence-electron chi connectivity index (χ0n) is 14.1. The van der Waals surface area contributed by atoms with Gasteiger partial charge in [-0.25, -0.2) is 15.2 Å². The van der Waals surface area contributed by atoms with Gasteiger partial charge in [-0.2, -0.15) is 0 Å². The third-order valence-electron chi connectivity index (χ3n) is 3.23. The molecule has 0 unspecified atom stereocenters. The van der Waals surface area contributed by atoms with E-state index in [4.69, 9.17) is 23.2 Å². The van der Waals surface area contributed by atoms with E-state index in [1.807, 2.05) is 6.07 Å². The third-order valence-corrected chi connectivity index (χ3v) is 3.66. The maximum Gasteiger partial charge on any atom is 0.338 e. The van der Waals surface area contributed by atoms with Crippen LogP contribution in [0.5, 0.6) is 0 Å². The number of carbonyl (C=O) groups excluding carboxylic acids is 2. The summed E-state index contributed by atoms with van der Waals surface area (Å²) in [4.78, 5) is 25.1. The summed E-state index contributed by atoms with van der Waals surface area (Å²) in [6, 6.07) is 13.0.